The largest absolute Gasteiger partial charge is 0.292 e. The van der Waals surface area contributed by atoms with E-state index >= 15 is 0 Å². The number of imide groups is 1. The molecule has 124 valence electrons. The molecule has 0 radical (unpaired) electrons. The van der Waals surface area contributed by atoms with Gasteiger partial charge in [-0.3, -0.25) is 24.5 Å². The zero-order valence-electron chi connectivity index (χ0n) is 12.9. The summed E-state index contributed by atoms with van der Waals surface area (Å²) in [4.78, 5) is 37.8. The number of nitrogens with one attached hydrogen (secondary N) is 1. The Hall–Kier alpha value is -2.15. The van der Waals surface area contributed by atoms with Gasteiger partial charge in [0.2, 0.25) is 0 Å². The van der Waals surface area contributed by atoms with Crippen LogP contribution in [0.1, 0.15) is 23.3 Å². The second-order valence-corrected chi connectivity index (χ2v) is 7.58. The minimum atomic E-state index is -0.649. The smallest absolute Gasteiger partial charge is 0.273 e. The third kappa shape index (κ3) is 1.53. The molecule has 7 nitrogen and oxygen atoms in total. The van der Waals surface area contributed by atoms with E-state index in [1.807, 2.05) is 0 Å². The van der Waals surface area contributed by atoms with Gasteiger partial charge in [0, 0.05) is 13.2 Å². The third-order valence-electron chi connectivity index (χ3n) is 6.07. The number of amides is 3. The zero-order chi connectivity index (χ0) is 16.8. The van der Waals surface area contributed by atoms with Crippen molar-refractivity contribution in [2.45, 2.75) is 12.8 Å². The van der Waals surface area contributed by atoms with Crippen LogP contribution in [0.2, 0.25) is 5.02 Å². The fourth-order valence-corrected chi connectivity index (χ4v) is 5.22. The first-order valence-corrected chi connectivity index (χ1v) is 8.38. The molecule has 1 aromatic heterocycles. The van der Waals surface area contributed by atoms with E-state index in [-0.39, 0.29) is 51.6 Å². The molecule has 3 aliphatic carbocycles. The average Bonchev–Trinajstić information content (AvgIpc) is 2.99. The van der Waals surface area contributed by atoms with E-state index in [9.17, 15) is 14.4 Å². The highest BCUT2D eigenvalue weighted by Crippen LogP contribution is 2.73. The number of aromatic nitrogens is 2. The summed E-state index contributed by atoms with van der Waals surface area (Å²) in [6, 6.07) is 0. The van der Waals surface area contributed by atoms with Crippen LogP contribution >= 0.6 is 11.6 Å². The molecule has 4 aliphatic rings. The van der Waals surface area contributed by atoms with E-state index in [2.05, 4.69) is 22.7 Å². The SMILES string of the molecule is Cn1cc(Cl)c(C(=O)NN2C(=O)[C@H]3[C@H](C2=O)[C@H]2C=C[C@H]3C23CC3)n1. The second kappa shape index (κ2) is 4.27. The second-order valence-electron chi connectivity index (χ2n) is 7.17. The Balaban J connectivity index is 1.42. The van der Waals surface area contributed by atoms with E-state index < -0.39 is 5.91 Å². The molecule has 1 spiro atoms. The van der Waals surface area contributed by atoms with Crippen molar-refractivity contribution in [3.05, 3.63) is 29.1 Å². The summed E-state index contributed by atoms with van der Waals surface area (Å²) < 4.78 is 1.40. The lowest BCUT2D eigenvalue weighted by Crippen LogP contribution is -2.48. The zero-order valence-corrected chi connectivity index (χ0v) is 13.7. The molecule has 2 heterocycles. The topological polar surface area (TPSA) is 84.3 Å². The molecule has 3 amide bonds. The van der Waals surface area contributed by atoms with Crippen LogP contribution in [0.15, 0.2) is 18.3 Å². The first-order chi connectivity index (χ1) is 11.4. The fourth-order valence-electron chi connectivity index (χ4n) is 4.96. The Morgan fingerprint density at radius 1 is 1.25 bits per heavy atom. The van der Waals surface area contributed by atoms with Crippen LogP contribution < -0.4 is 5.43 Å². The minimum Gasteiger partial charge on any atom is -0.273 e. The van der Waals surface area contributed by atoms with Gasteiger partial charge in [0.25, 0.3) is 17.7 Å². The summed E-state index contributed by atoms with van der Waals surface area (Å²) in [5.41, 5.74) is 2.54. The predicted octanol–water partition coefficient (Wildman–Crippen LogP) is 0.915. The van der Waals surface area contributed by atoms with Crippen molar-refractivity contribution in [1.29, 1.82) is 0 Å². The molecule has 0 unspecified atom stereocenters. The maximum Gasteiger partial charge on any atom is 0.292 e. The summed E-state index contributed by atoms with van der Waals surface area (Å²) in [7, 11) is 1.64. The van der Waals surface area contributed by atoms with Crippen LogP contribution in [0.3, 0.4) is 0 Å². The van der Waals surface area contributed by atoms with Crippen molar-refractivity contribution in [2.75, 3.05) is 0 Å². The number of fused-ring (bicyclic) bond motifs is 3. The van der Waals surface area contributed by atoms with Gasteiger partial charge >= 0.3 is 0 Å². The summed E-state index contributed by atoms with van der Waals surface area (Å²) in [6.07, 6.45) is 7.83. The monoisotopic (exact) mass is 346 g/mol. The van der Waals surface area contributed by atoms with Crippen molar-refractivity contribution in [3.8, 4) is 0 Å². The number of nitrogens with zero attached hydrogens (tertiary/aromatic N) is 3. The Bertz CT molecular complexity index is 806. The molecule has 3 fully saturated rings. The first-order valence-electron chi connectivity index (χ1n) is 8.00. The number of allylic oxidation sites excluding steroid dienone is 2. The van der Waals surface area contributed by atoms with Gasteiger partial charge in [0.05, 0.1) is 16.9 Å². The Kier molecular flexibility index (Phi) is 2.53. The Morgan fingerprint density at radius 3 is 2.29 bits per heavy atom. The molecule has 5 rings (SSSR count). The third-order valence-corrected chi connectivity index (χ3v) is 6.34. The van der Waals surface area contributed by atoms with Crippen molar-refractivity contribution in [2.24, 2.45) is 36.1 Å². The van der Waals surface area contributed by atoms with Gasteiger partial charge in [0.1, 0.15) is 0 Å². The lowest BCUT2D eigenvalue weighted by Gasteiger charge is -2.21. The van der Waals surface area contributed by atoms with Gasteiger partial charge in [-0.25, -0.2) is 0 Å². The number of hydrogen-bond acceptors (Lipinski definition) is 4. The molecule has 0 aromatic carbocycles. The number of hydrazine groups is 1. The van der Waals surface area contributed by atoms with E-state index in [4.69, 9.17) is 11.6 Å². The molecule has 24 heavy (non-hydrogen) atoms. The minimum absolute atomic E-state index is 0.00316. The van der Waals surface area contributed by atoms with Gasteiger partial charge in [-0.15, -0.1) is 0 Å². The van der Waals surface area contributed by atoms with Crippen LogP contribution in [0.4, 0.5) is 0 Å². The number of carbonyl (C=O) groups is 3. The summed E-state index contributed by atoms with van der Waals surface area (Å²) in [6.45, 7) is 0. The highest BCUT2D eigenvalue weighted by Gasteiger charge is 2.73. The van der Waals surface area contributed by atoms with Crippen molar-refractivity contribution in [1.82, 2.24) is 20.2 Å². The standard InChI is InChI=1S/C16H15ClN4O3/c1-20-6-9(17)12(18-20)13(22)19-21-14(23)10-7-2-3-8(11(10)15(21)24)16(7)4-5-16/h2-3,6-8,10-11H,4-5H2,1H3,(H,19,22)/t7-,8-,10-,11-/m1/s1. The van der Waals surface area contributed by atoms with Crippen LogP contribution in [-0.2, 0) is 16.6 Å². The average molecular weight is 347 g/mol. The van der Waals surface area contributed by atoms with E-state index in [0.29, 0.717) is 0 Å². The van der Waals surface area contributed by atoms with Gasteiger partial charge in [-0.05, 0) is 30.1 Å². The first kappa shape index (κ1) is 14.2. The van der Waals surface area contributed by atoms with E-state index in [1.54, 1.807) is 7.05 Å². The lowest BCUT2D eigenvalue weighted by molar-refractivity contribution is -0.144. The molecule has 2 bridgehead atoms. The van der Waals surface area contributed by atoms with Crippen LogP contribution in [0.5, 0.6) is 0 Å². The number of halogens is 1. The van der Waals surface area contributed by atoms with E-state index in [0.717, 1.165) is 17.9 Å². The highest BCUT2D eigenvalue weighted by atomic mass is 35.5. The van der Waals surface area contributed by atoms with Gasteiger partial charge < -0.3 is 0 Å². The quantitative estimate of drug-likeness (QED) is 0.637. The number of hydrogen-bond donors (Lipinski definition) is 1. The number of rotatable bonds is 2. The van der Waals surface area contributed by atoms with Crippen LogP contribution in [0, 0.1) is 29.1 Å². The molecule has 1 saturated heterocycles. The van der Waals surface area contributed by atoms with Gasteiger partial charge in [-0.2, -0.15) is 10.1 Å². The molecule has 2 saturated carbocycles. The molecule has 1 N–H and O–H groups in total. The summed E-state index contributed by atoms with van der Waals surface area (Å²) >= 11 is 5.95. The summed E-state index contributed by atoms with van der Waals surface area (Å²) in [5.74, 6) is -1.69. The fraction of sp³-hybridized carbons (Fsp3) is 0.500. The molecule has 1 aromatic rings. The summed E-state index contributed by atoms with van der Waals surface area (Å²) in [5, 5.41) is 5.01. The Morgan fingerprint density at radius 2 is 1.83 bits per heavy atom. The molecular formula is C16H15ClN4O3. The molecule has 1 aliphatic heterocycles. The maximum atomic E-state index is 12.8. The van der Waals surface area contributed by atoms with Crippen LogP contribution in [0.25, 0.3) is 0 Å². The van der Waals surface area contributed by atoms with Gasteiger partial charge in [0.15, 0.2) is 5.69 Å². The molecule has 8 heteroatoms. The van der Waals surface area contributed by atoms with Crippen LogP contribution in [-0.4, -0.2) is 32.5 Å². The highest BCUT2D eigenvalue weighted by molar-refractivity contribution is 6.33. The van der Waals surface area contributed by atoms with Gasteiger partial charge in [-0.1, -0.05) is 23.8 Å². The number of carbonyl (C=O) groups excluding carboxylic acids is 3. The number of aryl methyl sites for hydroxylation is 1. The maximum absolute atomic E-state index is 12.8. The van der Waals surface area contributed by atoms with Crippen molar-refractivity contribution < 1.29 is 14.4 Å². The Labute approximate surface area is 142 Å². The predicted molar refractivity (Wildman–Crippen MR) is 82.3 cm³/mol. The van der Waals surface area contributed by atoms with Crippen molar-refractivity contribution >= 4 is 29.3 Å². The van der Waals surface area contributed by atoms with E-state index in [1.165, 1.54) is 10.9 Å². The molecular weight excluding hydrogens is 332 g/mol. The molecule has 4 atom stereocenters. The normalized spacial score (nSPS) is 34.3. The lowest BCUT2D eigenvalue weighted by atomic mass is 9.85. The van der Waals surface area contributed by atoms with Crippen molar-refractivity contribution in [3.63, 3.8) is 0 Å².